The first-order valence-electron chi connectivity index (χ1n) is 11.5. The third-order valence-electron chi connectivity index (χ3n) is 5.75. The number of hydrogen-bond donors (Lipinski definition) is 2. The van der Waals surface area contributed by atoms with Crippen LogP contribution < -0.4 is 4.74 Å². The maximum atomic E-state index is 13.9. The molecule has 0 aliphatic carbocycles. The highest BCUT2D eigenvalue weighted by Gasteiger charge is 2.42. The van der Waals surface area contributed by atoms with E-state index in [1.165, 1.54) is 35.4 Å². The Hall–Kier alpha value is -2.89. The lowest BCUT2D eigenvalue weighted by molar-refractivity contribution is -0.155. The van der Waals surface area contributed by atoms with Crippen LogP contribution >= 0.6 is 24.0 Å². The fraction of sp³-hybridized carbons (Fsp3) is 0.346. The SMILES string of the molecule is Cl.O=C(O)Cc1cccc(OCCCN(Cc2cccc(C(F)(F)F)c2Cl)CC(c2ccc[nH]2)C(F)(F)F)c1. The highest BCUT2D eigenvalue weighted by molar-refractivity contribution is 6.32. The molecule has 3 aromatic rings. The van der Waals surface area contributed by atoms with Crippen LogP contribution in [0.3, 0.4) is 0 Å². The van der Waals surface area contributed by atoms with Gasteiger partial charge in [-0.25, -0.2) is 0 Å². The number of hydrogen-bond acceptors (Lipinski definition) is 3. The van der Waals surface area contributed by atoms with Gasteiger partial charge in [-0.1, -0.05) is 35.9 Å². The Morgan fingerprint density at radius 2 is 1.77 bits per heavy atom. The molecule has 1 aromatic heterocycles. The summed E-state index contributed by atoms with van der Waals surface area (Å²) in [6.45, 7) is -0.619. The largest absolute Gasteiger partial charge is 0.494 e. The number of carbonyl (C=O) groups is 1. The number of benzene rings is 2. The fourth-order valence-electron chi connectivity index (χ4n) is 3.99. The van der Waals surface area contributed by atoms with Crippen LogP contribution in [0.25, 0.3) is 0 Å². The van der Waals surface area contributed by atoms with Crippen LogP contribution in [0.2, 0.25) is 5.02 Å². The Bertz CT molecular complexity index is 1200. The van der Waals surface area contributed by atoms with Crippen LogP contribution in [0.1, 0.15) is 34.7 Å². The number of nitrogens with zero attached hydrogens (tertiary/aromatic N) is 1. The molecular formula is C26H26Cl2F6N2O3. The van der Waals surface area contributed by atoms with Gasteiger partial charge in [-0.05, 0) is 47.9 Å². The Labute approximate surface area is 232 Å². The normalized spacial score (nSPS) is 12.7. The summed E-state index contributed by atoms with van der Waals surface area (Å²) in [4.78, 5) is 14.9. The molecule has 1 atom stereocenters. The molecule has 1 unspecified atom stereocenters. The van der Waals surface area contributed by atoms with Gasteiger partial charge in [0.2, 0.25) is 0 Å². The summed E-state index contributed by atoms with van der Waals surface area (Å²) in [5.74, 6) is -2.51. The average Bonchev–Trinajstić information content (AvgIpc) is 3.34. The van der Waals surface area contributed by atoms with Crippen molar-refractivity contribution in [2.24, 2.45) is 0 Å². The number of alkyl halides is 6. The molecular weight excluding hydrogens is 573 g/mol. The van der Waals surface area contributed by atoms with Crippen molar-refractivity contribution in [1.29, 1.82) is 0 Å². The maximum absolute atomic E-state index is 13.9. The molecule has 0 fully saturated rings. The van der Waals surface area contributed by atoms with Crippen LogP contribution in [0.15, 0.2) is 60.8 Å². The number of aliphatic carboxylic acids is 1. The molecule has 0 saturated carbocycles. The lowest BCUT2D eigenvalue weighted by Crippen LogP contribution is -2.36. The van der Waals surface area contributed by atoms with E-state index in [9.17, 15) is 31.1 Å². The van der Waals surface area contributed by atoms with Gasteiger partial charge in [0.1, 0.15) is 11.7 Å². The lowest BCUT2D eigenvalue weighted by Gasteiger charge is -2.29. The van der Waals surface area contributed by atoms with Crippen LogP contribution in [0.4, 0.5) is 26.3 Å². The van der Waals surface area contributed by atoms with Crippen molar-refractivity contribution in [3.05, 3.63) is 88.2 Å². The molecule has 0 aliphatic rings. The smallest absolute Gasteiger partial charge is 0.417 e. The number of nitrogens with one attached hydrogen (secondary N) is 1. The van der Waals surface area contributed by atoms with E-state index in [4.69, 9.17) is 21.4 Å². The number of carboxylic acid groups (broad SMARTS) is 1. The summed E-state index contributed by atoms with van der Waals surface area (Å²) in [7, 11) is 0. The van der Waals surface area contributed by atoms with Gasteiger partial charge in [0.15, 0.2) is 0 Å². The standard InChI is InChI=1S/C26H25ClF6N2O3.ClH/c27-24-18(6-2-8-20(24)25(28,29)30)15-35(16-21(26(31,32)33)22-9-3-10-34-22)11-4-12-38-19-7-1-5-17(13-19)14-23(36)37;/h1-3,5-10,13,21,34H,4,11-12,14-16H2,(H,36,37);1H. The first kappa shape index (κ1) is 32.3. The second-order valence-corrected chi connectivity index (χ2v) is 9.03. The first-order valence-corrected chi connectivity index (χ1v) is 11.9. The predicted molar refractivity (Wildman–Crippen MR) is 136 cm³/mol. The second-order valence-electron chi connectivity index (χ2n) is 8.65. The number of aromatic amines is 1. The Kier molecular flexibility index (Phi) is 11.6. The zero-order valence-corrected chi connectivity index (χ0v) is 21.9. The summed E-state index contributed by atoms with van der Waals surface area (Å²) >= 11 is 6.01. The van der Waals surface area contributed by atoms with Crippen molar-refractivity contribution in [3.63, 3.8) is 0 Å². The predicted octanol–water partition coefficient (Wildman–Crippen LogP) is 7.35. The number of H-pyrrole nitrogens is 1. The Balaban J connectivity index is 0.00000533. The molecule has 0 spiro atoms. The quantitative estimate of drug-likeness (QED) is 0.169. The molecule has 0 amide bonds. The number of ether oxygens (including phenoxy) is 1. The van der Waals surface area contributed by atoms with E-state index >= 15 is 0 Å². The van der Waals surface area contributed by atoms with E-state index in [0.717, 1.165) is 6.07 Å². The summed E-state index contributed by atoms with van der Waals surface area (Å²) in [6, 6.07) is 12.5. The third kappa shape index (κ3) is 9.66. The van der Waals surface area contributed by atoms with Gasteiger partial charge >= 0.3 is 18.3 Å². The molecule has 5 nitrogen and oxygen atoms in total. The molecule has 3 rings (SSSR count). The average molecular weight is 599 g/mol. The highest BCUT2D eigenvalue weighted by atomic mass is 35.5. The first-order chi connectivity index (χ1) is 17.8. The highest BCUT2D eigenvalue weighted by Crippen LogP contribution is 2.38. The van der Waals surface area contributed by atoms with Crippen molar-refractivity contribution in [2.45, 2.75) is 37.7 Å². The molecule has 214 valence electrons. The molecule has 0 bridgehead atoms. The van der Waals surface area contributed by atoms with Crippen molar-refractivity contribution in [1.82, 2.24) is 9.88 Å². The van der Waals surface area contributed by atoms with Crippen molar-refractivity contribution >= 4 is 30.0 Å². The van der Waals surface area contributed by atoms with E-state index in [1.54, 1.807) is 24.3 Å². The topological polar surface area (TPSA) is 65.6 Å². The summed E-state index contributed by atoms with van der Waals surface area (Å²) in [6.07, 6.45) is -7.90. The van der Waals surface area contributed by atoms with Gasteiger partial charge < -0.3 is 14.8 Å². The Morgan fingerprint density at radius 1 is 1.05 bits per heavy atom. The molecule has 1 heterocycles. The zero-order chi connectivity index (χ0) is 27.9. The van der Waals surface area contributed by atoms with Crippen LogP contribution in [-0.2, 0) is 23.9 Å². The minimum Gasteiger partial charge on any atom is -0.494 e. The van der Waals surface area contributed by atoms with Crippen LogP contribution in [0, 0.1) is 0 Å². The van der Waals surface area contributed by atoms with Gasteiger partial charge in [-0.15, -0.1) is 12.4 Å². The second kappa shape index (κ2) is 14.0. The lowest BCUT2D eigenvalue weighted by atomic mass is 10.0. The molecule has 2 aromatic carbocycles. The van der Waals surface area contributed by atoms with E-state index in [-0.39, 0.29) is 56.2 Å². The van der Waals surface area contributed by atoms with Crippen molar-refractivity contribution in [3.8, 4) is 5.75 Å². The zero-order valence-electron chi connectivity index (χ0n) is 20.4. The van der Waals surface area contributed by atoms with Gasteiger partial charge in [-0.3, -0.25) is 9.69 Å². The van der Waals surface area contributed by atoms with Gasteiger partial charge in [0.05, 0.1) is 23.6 Å². The maximum Gasteiger partial charge on any atom is 0.417 e. The third-order valence-corrected chi connectivity index (χ3v) is 6.20. The molecule has 2 N–H and O–H groups in total. The van der Waals surface area contributed by atoms with E-state index < -0.39 is 41.4 Å². The molecule has 39 heavy (non-hydrogen) atoms. The molecule has 13 heteroatoms. The Morgan fingerprint density at radius 3 is 2.38 bits per heavy atom. The number of rotatable bonds is 12. The summed E-state index contributed by atoms with van der Waals surface area (Å²) < 4.78 is 87.4. The fourth-order valence-corrected chi connectivity index (χ4v) is 4.28. The summed E-state index contributed by atoms with van der Waals surface area (Å²) in [5.41, 5.74) is -0.548. The minimum absolute atomic E-state index is 0. The number of carboxylic acids is 1. The van der Waals surface area contributed by atoms with Crippen LogP contribution in [-0.4, -0.2) is 46.8 Å². The minimum atomic E-state index is -4.71. The van der Waals surface area contributed by atoms with Crippen molar-refractivity contribution < 1.29 is 41.0 Å². The monoisotopic (exact) mass is 598 g/mol. The van der Waals surface area contributed by atoms with E-state index in [0.29, 0.717) is 11.3 Å². The van der Waals surface area contributed by atoms with E-state index in [2.05, 4.69) is 4.98 Å². The van der Waals surface area contributed by atoms with Crippen LogP contribution in [0.5, 0.6) is 5.75 Å². The molecule has 0 radical (unpaired) electrons. The number of aromatic nitrogens is 1. The van der Waals surface area contributed by atoms with Gasteiger partial charge in [0, 0.05) is 31.5 Å². The number of halogens is 8. The van der Waals surface area contributed by atoms with Gasteiger partial charge in [0.25, 0.3) is 0 Å². The van der Waals surface area contributed by atoms with Crippen molar-refractivity contribution in [2.75, 3.05) is 19.7 Å². The molecule has 0 saturated heterocycles. The molecule has 0 aliphatic heterocycles. The van der Waals surface area contributed by atoms with Gasteiger partial charge in [-0.2, -0.15) is 26.3 Å². The summed E-state index contributed by atoms with van der Waals surface area (Å²) in [5, 5.41) is 8.38. The van der Waals surface area contributed by atoms with E-state index in [1.807, 2.05) is 0 Å².